The predicted octanol–water partition coefficient (Wildman–Crippen LogP) is 2.63. The third-order valence-corrected chi connectivity index (χ3v) is 3.75. The minimum Gasteiger partial charge on any atom is -0.343 e. The lowest BCUT2D eigenvalue weighted by Crippen LogP contribution is -2.31. The van der Waals surface area contributed by atoms with E-state index in [1.165, 1.54) is 0 Å². The number of benzene rings is 1. The maximum absolute atomic E-state index is 12.1. The average Bonchev–Trinajstić information content (AvgIpc) is 3.03. The van der Waals surface area contributed by atoms with E-state index in [9.17, 15) is 9.59 Å². The second kappa shape index (κ2) is 8.24. The van der Waals surface area contributed by atoms with Gasteiger partial charge in [-0.3, -0.25) is 9.59 Å². The molecule has 1 N–H and O–H groups in total. The molecule has 1 heterocycles. The first-order valence-electron chi connectivity index (χ1n) is 8.02. The molecule has 128 valence electrons. The Morgan fingerprint density at radius 3 is 2.38 bits per heavy atom. The number of rotatable bonds is 7. The van der Waals surface area contributed by atoms with Crippen molar-refractivity contribution in [2.24, 2.45) is 0 Å². The molecule has 0 aliphatic carbocycles. The molecular formula is C17H22N4O3. The zero-order valence-corrected chi connectivity index (χ0v) is 14.2. The zero-order valence-electron chi connectivity index (χ0n) is 14.2. The summed E-state index contributed by atoms with van der Waals surface area (Å²) in [5.41, 5.74) is 2.39. The second-order valence-corrected chi connectivity index (χ2v) is 5.44. The average molecular weight is 330 g/mol. The number of hydrogen-bond acceptors (Lipinski definition) is 5. The van der Waals surface area contributed by atoms with Gasteiger partial charge in [-0.25, -0.2) is 4.63 Å². The van der Waals surface area contributed by atoms with Gasteiger partial charge in [0.15, 0.2) is 5.69 Å². The van der Waals surface area contributed by atoms with Gasteiger partial charge in [-0.2, -0.15) is 0 Å². The largest absolute Gasteiger partial charge is 0.343 e. The summed E-state index contributed by atoms with van der Waals surface area (Å²) in [4.78, 5) is 25.7. The lowest BCUT2D eigenvalue weighted by atomic mass is 10.1. The SMILES string of the molecule is CCN(CC)C(=O)CCC(=O)Nc1nonc1-c1ccc(C)cc1. The number of carbonyl (C=O) groups is 2. The maximum Gasteiger partial charge on any atom is 0.226 e. The Morgan fingerprint density at radius 1 is 1.08 bits per heavy atom. The van der Waals surface area contributed by atoms with Crippen molar-refractivity contribution in [1.82, 2.24) is 15.2 Å². The van der Waals surface area contributed by atoms with Crippen LogP contribution in [-0.2, 0) is 9.59 Å². The molecule has 0 aliphatic heterocycles. The van der Waals surface area contributed by atoms with Crippen molar-refractivity contribution in [2.75, 3.05) is 18.4 Å². The van der Waals surface area contributed by atoms with Gasteiger partial charge in [0.25, 0.3) is 0 Å². The fourth-order valence-corrected chi connectivity index (χ4v) is 2.32. The van der Waals surface area contributed by atoms with Gasteiger partial charge in [-0.1, -0.05) is 29.8 Å². The number of nitrogens with zero attached hydrogens (tertiary/aromatic N) is 3. The summed E-state index contributed by atoms with van der Waals surface area (Å²) in [6.45, 7) is 7.09. The summed E-state index contributed by atoms with van der Waals surface area (Å²) in [6.07, 6.45) is 0.258. The molecule has 24 heavy (non-hydrogen) atoms. The Hall–Kier alpha value is -2.70. The molecule has 0 aliphatic rings. The van der Waals surface area contributed by atoms with Gasteiger partial charge in [0.2, 0.25) is 17.6 Å². The molecular weight excluding hydrogens is 308 g/mol. The van der Waals surface area contributed by atoms with Crippen LogP contribution in [0.5, 0.6) is 0 Å². The summed E-state index contributed by atoms with van der Waals surface area (Å²) in [5, 5.41) is 10.2. The first-order chi connectivity index (χ1) is 11.5. The number of hydrogen-bond donors (Lipinski definition) is 1. The third kappa shape index (κ3) is 4.41. The molecule has 0 saturated heterocycles. The first-order valence-corrected chi connectivity index (χ1v) is 8.02. The summed E-state index contributed by atoms with van der Waals surface area (Å²) < 4.78 is 4.74. The minimum absolute atomic E-state index is 0.0350. The molecule has 0 radical (unpaired) electrons. The van der Waals surface area contributed by atoms with Crippen molar-refractivity contribution in [2.45, 2.75) is 33.6 Å². The molecule has 0 saturated carbocycles. The molecule has 2 rings (SSSR count). The van der Waals surface area contributed by atoms with Gasteiger partial charge in [0.1, 0.15) is 0 Å². The molecule has 7 nitrogen and oxygen atoms in total. The number of anilines is 1. The van der Waals surface area contributed by atoms with E-state index in [0.717, 1.165) is 11.1 Å². The molecule has 0 atom stereocenters. The van der Waals surface area contributed by atoms with E-state index < -0.39 is 0 Å². The number of nitrogens with one attached hydrogen (secondary N) is 1. The van der Waals surface area contributed by atoms with E-state index in [0.29, 0.717) is 18.8 Å². The topological polar surface area (TPSA) is 88.3 Å². The predicted molar refractivity (Wildman–Crippen MR) is 90.3 cm³/mol. The minimum atomic E-state index is -0.292. The van der Waals surface area contributed by atoms with Crippen LogP contribution in [0, 0.1) is 6.92 Å². The molecule has 0 unspecified atom stereocenters. The lowest BCUT2D eigenvalue weighted by Gasteiger charge is -2.18. The summed E-state index contributed by atoms with van der Waals surface area (Å²) >= 11 is 0. The van der Waals surface area contributed by atoms with Gasteiger partial charge in [0.05, 0.1) is 0 Å². The van der Waals surface area contributed by atoms with Crippen molar-refractivity contribution in [3.05, 3.63) is 29.8 Å². The van der Waals surface area contributed by atoms with Crippen molar-refractivity contribution in [3.63, 3.8) is 0 Å². The van der Waals surface area contributed by atoms with Crippen LogP contribution in [0.2, 0.25) is 0 Å². The molecule has 1 aromatic heterocycles. The quantitative estimate of drug-likeness (QED) is 0.843. The normalized spacial score (nSPS) is 10.5. The number of aryl methyl sites for hydroxylation is 1. The van der Waals surface area contributed by atoms with Crippen LogP contribution >= 0.6 is 0 Å². The van der Waals surface area contributed by atoms with E-state index in [1.807, 2.05) is 45.0 Å². The number of aromatic nitrogens is 2. The number of amides is 2. The van der Waals surface area contributed by atoms with Crippen LogP contribution < -0.4 is 5.32 Å². The highest BCUT2D eigenvalue weighted by Gasteiger charge is 2.17. The Kier molecular flexibility index (Phi) is 6.06. The Bertz CT molecular complexity index is 690. The van der Waals surface area contributed by atoms with Crippen LogP contribution in [0.15, 0.2) is 28.9 Å². The Labute approximate surface area is 141 Å². The fourth-order valence-electron chi connectivity index (χ4n) is 2.32. The summed E-state index contributed by atoms with van der Waals surface area (Å²) in [6, 6.07) is 7.65. The van der Waals surface area contributed by atoms with Gasteiger partial charge < -0.3 is 10.2 Å². The van der Waals surface area contributed by atoms with Crippen LogP contribution in [0.1, 0.15) is 32.3 Å². The van der Waals surface area contributed by atoms with E-state index >= 15 is 0 Å². The molecule has 1 aromatic carbocycles. The van der Waals surface area contributed by atoms with Crippen LogP contribution in [0.4, 0.5) is 5.82 Å². The van der Waals surface area contributed by atoms with Crippen LogP contribution in [0.25, 0.3) is 11.3 Å². The Balaban J connectivity index is 1.97. The van der Waals surface area contributed by atoms with Gasteiger partial charge in [-0.05, 0) is 31.1 Å². The zero-order chi connectivity index (χ0) is 17.5. The molecule has 0 spiro atoms. The van der Waals surface area contributed by atoms with Crippen LogP contribution in [0.3, 0.4) is 0 Å². The summed E-state index contributed by atoms with van der Waals surface area (Å²) in [5.74, 6) is -0.0640. The molecule has 0 fully saturated rings. The maximum atomic E-state index is 12.1. The van der Waals surface area contributed by atoms with Gasteiger partial charge in [-0.15, -0.1) is 0 Å². The highest BCUT2D eigenvalue weighted by atomic mass is 16.6. The molecule has 7 heteroatoms. The highest BCUT2D eigenvalue weighted by Crippen LogP contribution is 2.24. The Morgan fingerprint density at radius 2 is 1.75 bits per heavy atom. The van der Waals surface area contributed by atoms with Gasteiger partial charge >= 0.3 is 0 Å². The van der Waals surface area contributed by atoms with Crippen molar-refractivity contribution < 1.29 is 14.2 Å². The van der Waals surface area contributed by atoms with E-state index in [4.69, 9.17) is 4.63 Å². The smallest absolute Gasteiger partial charge is 0.226 e. The van der Waals surface area contributed by atoms with Crippen molar-refractivity contribution in [3.8, 4) is 11.3 Å². The highest BCUT2D eigenvalue weighted by molar-refractivity contribution is 5.95. The molecule has 2 aromatic rings. The monoisotopic (exact) mass is 330 g/mol. The molecule has 0 bridgehead atoms. The van der Waals surface area contributed by atoms with E-state index in [1.54, 1.807) is 4.90 Å². The van der Waals surface area contributed by atoms with E-state index in [-0.39, 0.29) is 30.5 Å². The van der Waals surface area contributed by atoms with E-state index in [2.05, 4.69) is 15.6 Å². The van der Waals surface area contributed by atoms with Crippen molar-refractivity contribution in [1.29, 1.82) is 0 Å². The van der Waals surface area contributed by atoms with Gasteiger partial charge in [0, 0.05) is 31.5 Å². The fraction of sp³-hybridized carbons (Fsp3) is 0.412. The third-order valence-electron chi connectivity index (χ3n) is 3.75. The second-order valence-electron chi connectivity index (χ2n) is 5.44. The standard InChI is InChI=1S/C17H22N4O3/c1-4-21(5-2)15(23)11-10-14(22)18-17-16(19-24-20-17)13-8-6-12(3)7-9-13/h6-9H,4-5,10-11H2,1-3H3,(H,18,20,22). The molecule has 2 amide bonds. The van der Waals surface area contributed by atoms with Crippen molar-refractivity contribution >= 4 is 17.6 Å². The van der Waals surface area contributed by atoms with Crippen LogP contribution in [-0.4, -0.2) is 40.1 Å². The first kappa shape index (κ1) is 17.7. The summed E-state index contributed by atoms with van der Waals surface area (Å²) in [7, 11) is 0. The number of carbonyl (C=O) groups excluding carboxylic acids is 2. The lowest BCUT2D eigenvalue weighted by molar-refractivity contribution is -0.132.